The Morgan fingerprint density at radius 3 is 2.79 bits per heavy atom. The number of benzene rings is 1. The van der Waals surface area contributed by atoms with Gasteiger partial charge in [0.1, 0.15) is 0 Å². The molecule has 1 aromatic heterocycles. The molecule has 2 heterocycles. The largest absolute Gasteiger partial charge is 0.362 e. The average Bonchev–Trinajstić information content (AvgIpc) is 3.43. The molecule has 2 saturated carbocycles. The van der Waals surface area contributed by atoms with Crippen LogP contribution in [0.1, 0.15) is 48.4 Å². The summed E-state index contributed by atoms with van der Waals surface area (Å²) in [5.41, 5.74) is 3.31. The van der Waals surface area contributed by atoms with E-state index in [2.05, 4.69) is 20.7 Å². The number of nitrogens with zero attached hydrogens (tertiary/aromatic N) is 3. The van der Waals surface area contributed by atoms with Crippen molar-refractivity contribution in [3.05, 3.63) is 59.2 Å². The van der Waals surface area contributed by atoms with E-state index in [1.807, 2.05) is 12.1 Å². The molecule has 0 radical (unpaired) electrons. The molecule has 0 spiro atoms. The number of halogens is 1. The summed E-state index contributed by atoms with van der Waals surface area (Å²) >= 11 is 0. The minimum absolute atomic E-state index is 0.0934. The van der Waals surface area contributed by atoms with E-state index in [1.165, 1.54) is 6.07 Å². The second kappa shape index (κ2) is 6.78. The van der Waals surface area contributed by atoms with E-state index in [4.69, 9.17) is 0 Å². The lowest BCUT2D eigenvalue weighted by molar-refractivity contribution is 0.537. The van der Waals surface area contributed by atoms with Crippen LogP contribution in [0, 0.1) is 17.3 Å². The van der Waals surface area contributed by atoms with E-state index < -0.39 is 16.0 Å². The summed E-state index contributed by atoms with van der Waals surface area (Å²) in [6, 6.07) is 12.6. The fourth-order valence-electron chi connectivity index (χ4n) is 4.77. The molecule has 0 bridgehead atoms. The number of rotatable bonds is 5. The Bertz CT molecular complexity index is 1110. The SMILES string of the molecule is N#Cc1ccc2c(c1)C1C[C@@H](NS(=O)(=O)C3CC3)CC1N2Cc1cccc(F)n1. The van der Waals surface area contributed by atoms with Crippen LogP contribution in [0.2, 0.25) is 0 Å². The molecule has 0 amide bonds. The van der Waals surface area contributed by atoms with Crippen molar-refractivity contribution in [1.29, 1.82) is 5.26 Å². The van der Waals surface area contributed by atoms with Crippen molar-refractivity contribution < 1.29 is 12.8 Å². The van der Waals surface area contributed by atoms with Crippen LogP contribution >= 0.6 is 0 Å². The summed E-state index contributed by atoms with van der Waals surface area (Å²) in [6.45, 7) is 0.444. The third-order valence-corrected chi connectivity index (χ3v) is 8.20. The van der Waals surface area contributed by atoms with E-state index in [-0.39, 0.29) is 23.3 Å². The maximum Gasteiger partial charge on any atom is 0.214 e. The predicted molar refractivity (Wildman–Crippen MR) is 106 cm³/mol. The van der Waals surface area contributed by atoms with Gasteiger partial charge >= 0.3 is 0 Å². The van der Waals surface area contributed by atoms with Gasteiger partial charge < -0.3 is 4.90 Å². The Kier molecular flexibility index (Phi) is 4.33. The number of aromatic nitrogens is 1. The highest BCUT2D eigenvalue weighted by atomic mass is 32.2. The lowest BCUT2D eigenvalue weighted by atomic mass is 9.96. The van der Waals surface area contributed by atoms with Gasteiger partial charge in [-0.1, -0.05) is 6.07 Å². The van der Waals surface area contributed by atoms with Gasteiger partial charge in [0.25, 0.3) is 0 Å². The zero-order chi connectivity index (χ0) is 20.2. The van der Waals surface area contributed by atoms with Crippen molar-refractivity contribution in [3.8, 4) is 6.07 Å². The van der Waals surface area contributed by atoms with Crippen molar-refractivity contribution in [2.45, 2.75) is 55.5 Å². The van der Waals surface area contributed by atoms with Crippen LogP contribution in [0.15, 0.2) is 36.4 Å². The number of nitrogens with one attached hydrogen (secondary N) is 1. The van der Waals surface area contributed by atoms with Gasteiger partial charge in [-0.05, 0) is 61.6 Å². The van der Waals surface area contributed by atoms with Gasteiger partial charge in [-0.25, -0.2) is 18.1 Å². The fourth-order valence-corrected chi connectivity index (χ4v) is 6.38. The maximum atomic E-state index is 13.6. The van der Waals surface area contributed by atoms with Gasteiger partial charge in [0, 0.05) is 23.7 Å². The van der Waals surface area contributed by atoms with E-state index in [9.17, 15) is 18.1 Å². The topological polar surface area (TPSA) is 86.1 Å². The second-order valence-electron chi connectivity index (χ2n) is 8.17. The van der Waals surface area contributed by atoms with Crippen LogP contribution in [0.3, 0.4) is 0 Å². The highest BCUT2D eigenvalue weighted by Gasteiger charge is 2.47. The van der Waals surface area contributed by atoms with Crippen molar-refractivity contribution >= 4 is 15.7 Å². The molecular weight excluding hydrogens is 391 g/mol. The van der Waals surface area contributed by atoms with Gasteiger partial charge in [0.2, 0.25) is 16.0 Å². The summed E-state index contributed by atoms with van der Waals surface area (Å²) < 4.78 is 41.3. The standard InChI is InChI=1S/C21H21FN4O2S/c22-21-3-1-2-14(24-21)12-26-19-7-4-13(11-23)8-17(19)18-9-15(10-20(18)26)25-29(27,28)16-5-6-16/h1-4,7-8,15-16,18,20,25H,5-6,9-10,12H2/t15-,18?,20?/m1/s1. The zero-order valence-electron chi connectivity index (χ0n) is 15.8. The second-order valence-corrected chi connectivity index (χ2v) is 10.2. The van der Waals surface area contributed by atoms with E-state index in [0.29, 0.717) is 30.6 Å². The predicted octanol–water partition coefficient (Wildman–Crippen LogP) is 2.81. The van der Waals surface area contributed by atoms with Gasteiger partial charge in [-0.15, -0.1) is 0 Å². The number of nitriles is 1. The smallest absolute Gasteiger partial charge is 0.214 e. The van der Waals surface area contributed by atoms with Gasteiger partial charge in [0.15, 0.2) is 0 Å². The molecule has 150 valence electrons. The molecule has 1 N–H and O–H groups in total. The third kappa shape index (κ3) is 3.38. The van der Waals surface area contributed by atoms with Gasteiger partial charge in [-0.3, -0.25) is 0 Å². The van der Waals surface area contributed by atoms with Crippen LogP contribution in [0.25, 0.3) is 0 Å². The maximum absolute atomic E-state index is 13.6. The molecule has 29 heavy (non-hydrogen) atoms. The van der Waals surface area contributed by atoms with Crippen LogP contribution in [0.4, 0.5) is 10.1 Å². The molecule has 3 atom stereocenters. The minimum atomic E-state index is -3.26. The van der Waals surface area contributed by atoms with Crippen LogP contribution in [-0.2, 0) is 16.6 Å². The first-order valence-corrected chi connectivity index (χ1v) is 11.4. The first-order chi connectivity index (χ1) is 13.9. The zero-order valence-corrected chi connectivity index (χ0v) is 16.6. The lowest BCUT2D eigenvalue weighted by Gasteiger charge is -2.27. The van der Waals surface area contributed by atoms with E-state index in [1.54, 1.807) is 18.2 Å². The Balaban J connectivity index is 1.45. The molecule has 2 aliphatic carbocycles. The van der Waals surface area contributed by atoms with Gasteiger partial charge in [-0.2, -0.15) is 9.65 Å². The summed E-state index contributed by atoms with van der Waals surface area (Å²) in [4.78, 5) is 6.18. The number of hydrogen-bond donors (Lipinski definition) is 1. The van der Waals surface area contributed by atoms with Crippen LogP contribution in [0.5, 0.6) is 0 Å². The Morgan fingerprint density at radius 2 is 2.07 bits per heavy atom. The summed E-state index contributed by atoms with van der Waals surface area (Å²) in [5, 5.41) is 9.06. The fraction of sp³-hybridized carbons (Fsp3) is 0.429. The summed E-state index contributed by atoms with van der Waals surface area (Å²) in [7, 11) is -3.26. The number of pyridine rings is 1. The van der Waals surface area contributed by atoms with Gasteiger partial charge in [0.05, 0.1) is 29.1 Å². The monoisotopic (exact) mass is 412 g/mol. The summed E-state index contributed by atoms with van der Waals surface area (Å²) in [6.07, 6.45) is 2.86. The normalized spacial score (nSPS) is 25.5. The molecule has 1 aliphatic heterocycles. The number of hydrogen-bond acceptors (Lipinski definition) is 5. The molecular formula is C21H21FN4O2S. The average molecular weight is 412 g/mol. The molecule has 0 saturated heterocycles. The van der Waals surface area contributed by atoms with Crippen molar-refractivity contribution in [1.82, 2.24) is 9.71 Å². The Hall–Kier alpha value is -2.50. The Morgan fingerprint density at radius 1 is 1.24 bits per heavy atom. The van der Waals surface area contributed by atoms with E-state index in [0.717, 1.165) is 24.1 Å². The van der Waals surface area contributed by atoms with Crippen molar-refractivity contribution in [2.75, 3.05) is 4.90 Å². The summed E-state index contributed by atoms with van der Waals surface area (Å²) in [5.74, 6) is -0.376. The quantitative estimate of drug-likeness (QED) is 0.764. The van der Waals surface area contributed by atoms with Crippen LogP contribution in [-0.4, -0.2) is 30.7 Å². The lowest BCUT2D eigenvalue weighted by Crippen LogP contribution is -2.38. The molecule has 1 aromatic carbocycles. The van der Waals surface area contributed by atoms with E-state index >= 15 is 0 Å². The minimum Gasteiger partial charge on any atom is -0.362 e. The molecule has 3 aliphatic rings. The highest BCUT2D eigenvalue weighted by Crippen LogP contribution is 2.50. The highest BCUT2D eigenvalue weighted by molar-refractivity contribution is 7.90. The van der Waals surface area contributed by atoms with Crippen molar-refractivity contribution in [2.24, 2.45) is 0 Å². The number of fused-ring (bicyclic) bond motifs is 3. The Labute approximate surface area is 169 Å². The van der Waals surface area contributed by atoms with Crippen molar-refractivity contribution in [3.63, 3.8) is 0 Å². The molecule has 2 fully saturated rings. The first kappa shape index (κ1) is 18.5. The number of sulfonamides is 1. The molecule has 8 heteroatoms. The molecule has 5 rings (SSSR count). The number of anilines is 1. The first-order valence-electron chi connectivity index (χ1n) is 9.88. The van der Waals surface area contributed by atoms with Crippen LogP contribution < -0.4 is 9.62 Å². The molecule has 2 unspecified atom stereocenters. The third-order valence-electron chi connectivity index (χ3n) is 6.19. The molecule has 2 aromatic rings. The molecule has 6 nitrogen and oxygen atoms in total.